The minimum atomic E-state index is -3.12. The molecule has 0 radical (unpaired) electrons. The van der Waals surface area contributed by atoms with E-state index in [0.29, 0.717) is 40.2 Å². The fraction of sp³-hybridized carbons (Fsp3) is 0.520. The highest BCUT2D eigenvalue weighted by Gasteiger charge is 2.22. The molecule has 36 heavy (non-hydrogen) atoms. The van der Waals surface area contributed by atoms with Crippen LogP contribution in [0.1, 0.15) is 18.4 Å². The van der Waals surface area contributed by atoms with Crippen LogP contribution in [0.3, 0.4) is 0 Å². The number of sulfone groups is 1. The van der Waals surface area contributed by atoms with Gasteiger partial charge in [0.05, 0.1) is 15.8 Å². The molecule has 1 saturated heterocycles. The third-order valence-electron chi connectivity index (χ3n) is 5.80. The molecular formula is C25H34Cl2N2O6S. The molecule has 0 bridgehead atoms. The molecule has 2 aromatic carbocycles. The number of likely N-dealkylation sites (tertiary alicyclic amines) is 1. The summed E-state index contributed by atoms with van der Waals surface area (Å²) in [6, 6.07) is 12.2. The predicted molar refractivity (Wildman–Crippen MR) is 142 cm³/mol. The third-order valence-corrected chi connectivity index (χ3v) is 7.40. The number of piperidine rings is 1. The summed E-state index contributed by atoms with van der Waals surface area (Å²) in [6.45, 7) is 2.86. The minimum Gasteiger partial charge on any atom is -0.491 e. The number of aliphatic hydroxyl groups is 2. The van der Waals surface area contributed by atoms with Gasteiger partial charge in [-0.3, -0.25) is 0 Å². The van der Waals surface area contributed by atoms with Crippen LogP contribution in [0.5, 0.6) is 11.5 Å². The lowest BCUT2D eigenvalue weighted by Gasteiger charge is -2.33. The lowest BCUT2D eigenvalue weighted by molar-refractivity contribution is 0.0556. The first-order chi connectivity index (χ1) is 17.1. The molecule has 0 spiro atoms. The van der Waals surface area contributed by atoms with E-state index in [2.05, 4.69) is 10.2 Å². The van der Waals surface area contributed by atoms with Gasteiger partial charge in [0.2, 0.25) is 0 Å². The van der Waals surface area contributed by atoms with Gasteiger partial charge >= 0.3 is 0 Å². The fourth-order valence-corrected chi connectivity index (χ4v) is 5.08. The van der Waals surface area contributed by atoms with Gasteiger partial charge in [-0.15, -0.1) is 0 Å². The smallest absolute Gasteiger partial charge is 0.151 e. The molecule has 0 aliphatic carbocycles. The van der Waals surface area contributed by atoms with Crippen LogP contribution in [0.15, 0.2) is 42.5 Å². The van der Waals surface area contributed by atoms with Crippen molar-refractivity contribution in [1.29, 1.82) is 0 Å². The van der Waals surface area contributed by atoms with Crippen LogP contribution >= 0.6 is 23.2 Å². The minimum absolute atomic E-state index is 0.0473. The van der Waals surface area contributed by atoms with E-state index in [1.54, 1.807) is 42.5 Å². The Labute approximate surface area is 223 Å². The largest absolute Gasteiger partial charge is 0.491 e. The SMILES string of the molecule is CS(=O)(=O)Cc1cccc(OC[C@@H](O)CNC2CCN(C[C@H](O)COc3ccc(Cl)c(Cl)c3)CC2)c1. The standard InChI is InChI=1S/C25H34Cl2N2O6S/c1-36(32,33)17-18-3-2-4-22(11-18)34-15-20(30)13-28-19-7-9-29(10-8-19)14-21(31)16-35-23-5-6-24(26)25(27)12-23/h2-6,11-12,19-21,28,30-31H,7-10,13-17H2,1H3/t20-,21-/m0/s1. The van der Waals surface area contributed by atoms with E-state index in [0.717, 1.165) is 25.9 Å². The maximum absolute atomic E-state index is 11.5. The Morgan fingerprint density at radius 3 is 2.33 bits per heavy atom. The zero-order valence-electron chi connectivity index (χ0n) is 20.3. The van der Waals surface area contributed by atoms with Gasteiger partial charge in [0.1, 0.15) is 36.9 Å². The van der Waals surface area contributed by atoms with E-state index in [4.69, 9.17) is 32.7 Å². The summed E-state index contributed by atoms with van der Waals surface area (Å²) >= 11 is 11.9. The highest BCUT2D eigenvalue weighted by molar-refractivity contribution is 7.89. The molecular weight excluding hydrogens is 527 g/mol. The van der Waals surface area contributed by atoms with Gasteiger partial charge in [-0.1, -0.05) is 35.3 Å². The number of hydrogen-bond acceptors (Lipinski definition) is 8. The van der Waals surface area contributed by atoms with Gasteiger partial charge in [0, 0.05) is 31.5 Å². The zero-order valence-corrected chi connectivity index (χ0v) is 22.6. The third kappa shape index (κ3) is 10.4. The highest BCUT2D eigenvalue weighted by atomic mass is 35.5. The number of nitrogens with zero attached hydrogens (tertiary/aromatic N) is 1. The van der Waals surface area contributed by atoms with Crippen molar-refractivity contribution in [2.45, 2.75) is 36.8 Å². The van der Waals surface area contributed by atoms with Crippen LogP contribution in [0.4, 0.5) is 0 Å². The highest BCUT2D eigenvalue weighted by Crippen LogP contribution is 2.26. The summed E-state index contributed by atoms with van der Waals surface area (Å²) < 4.78 is 34.2. The number of hydrogen-bond donors (Lipinski definition) is 3. The molecule has 2 aromatic rings. The molecule has 11 heteroatoms. The van der Waals surface area contributed by atoms with Crippen molar-refractivity contribution in [2.24, 2.45) is 0 Å². The second-order valence-corrected chi connectivity index (χ2v) is 12.2. The Kier molecular flexibility index (Phi) is 11.1. The molecule has 1 aliphatic rings. The van der Waals surface area contributed by atoms with E-state index in [1.807, 2.05) is 0 Å². The normalized spacial score (nSPS) is 17.0. The Morgan fingerprint density at radius 1 is 1.00 bits per heavy atom. The summed E-state index contributed by atoms with van der Waals surface area (Å²) in [6.07, 6.45) is 1.68. The van der Waals surface area contributed by atoms with Crippen LogP contribution in [0, 0.1) is 0 Å². The predicted octanol–water partition coefficient (Wildman–Crippen LogP) is 2.77. The molecule has 1 aliphatic heterocycles. The molecule has 0 aromatic heterocycles. The van der Waals surface area contributed by atoms with Crippen LogP contribution in [0.2, 0.25) is 10.0 Å². The van der Waals surface area contributed by atoms with E-state index in [-0.39, 0.29) is 25.0 Å². The molecule has 1 heterocycles. The molecule has 1 fully saturated rings. The maximum atomic E-state index is 11.5. The van der Waals surface area contributed by atoms with Crippen molar-refractivity contribution in [3.8, 4) is 11.5 Å². The Hall–Kier alpha value is -1.59. The van der Waals surface area contributed by atoms with E-state index in [1.165, 1.54) is 6.26 Å². The first-order valence-electron chi connectivity index (χ1n) is 11.9. The summed E-state index contributed by atoms with van der Waals surface area (Å²) in [5.41, 5.74) is 0.653. The van der Waals surface area contributed by atoms with Gasteiger partial charge in [-0.2, -0.15) is 0 Å². The van der Waals surface area contributed by atoms with Crippen LogP contribution in [-0.2, 0) is 15.6 Å². The first-order valence-corrected chi connectivity index (χ1v) is 14.7. The topological polar surface area (TPSA) is 108 Å². The molecule has 3 N–H and O–H groups in total. The Balaban J connectivity index is 1.30. The van der Waals surface area contributed by atoms with Crippen molar-refractivity contribution in [3.63, 3.8) is 0 Å². The Bertz CT molecular complexity index is 1080. The van der Waals surface area contributed by atoms with Gasteiger partial charge < -0.3 is 29.9 Å². The Morgan fingerprint density at radius 2 is 1.67 bits per heavy atom. The average Bonchev–Trinajstić information content (AvgIpc) is 2.82. The molecule has 0 saturated carbocycles. The van der Waals surface area contributed by atoms with Crippen molar-refractivity contribution < 1.29 is 28.1 Å². The summed E-state index contributed by atoms with van der Waals surface area (Å²) in [4.78, 5) is 2.20. The van der Waals surface area contributed by atoms with E-state index < -0.39 is 22.0 Å². The molecule has 8 nitrogen and oxygen atoms in total. The van der Waals surface area contributed by atoms with E-state index >= 15 is 0 Å². The quantitative estimate of drug-likeness (QED) is 0.343. The van der Waals surface area contributed by atoms with Gasteiger partial charge in [0.25, 0.3) is 0 Å². The van der Waals surface area contributed by atoms with Crippen LogP contribution in [-0.4, -0.2) is 87.4 Å². The van der Waals surface area contributed by atoms with Crippen molar-refractivity contribution in [2.75, 3.05) is 45.6 Å². The molecule has 3 rings (SSSR count). The zero-order chi connectivity index (χ0) is 26.1. The lowest BCUT2D eigenvalue weighted by Crippen LogP contribution is -2.47. The van der Waals surface area contributed by atoms with Crippen molar-refractivity contribution >= 4 is 33.0 Å². The van der Waals surface area contributed by atoms with Crippen molar-refractivity contribution in [3.05, 3.63) is 58.1 Å². The summed E-state index contributed by atoms with van der Waals surface area (Å²) in [5, 5.41) is 24.9. The number of rotatable bonds is 13. The second-order valence-electron chi connectivity index (χ2n) is 9.21. The van der Waals surface area contributed by atoms with E-state index in [9.17, 15) is 18.6 Å². The van der Waals surface area contributed by atoms with Gasteiger partial charge in [-0.25, -0.2) is 8.42 Å². The fourth-order valence-electron chi connectivity index (χ4n) is 4.01. The summed E-state index contributed by atoms with van der Waals surface area (Å²) in [5.74, 6) is 1.05. The number of nitrogens with one attached hydrogen (secondary N) is 1. The number of ether oxygens (including phenoxy) is 2. The molecule has 2 atom stereocenters. The molecule has 0 unspecified atom stereocenters. The number of aliphatic hydroxyl groups excluding tert-OH is 2. The van der Waals surface area contributed by atoms with Crippen LogP contribution < -0.4 is 14.8 Å². The van der Waals surface area contributed by atoms with Gasteiger partial charge in [-0.05, 0) is 55.8 Å². The monoisotopic (exact) mass is 560 g/mol. The van der Waals surface area contributed by atoms with Gasteiger partial charge in [0.15, 0.2) is 9.84 Å². The van der Waals surface area contributed by atoms with Crippen LogP contribution in [0.25, 0.3) is 0 Å². The lowest BCUT2D eigenvalue weighted by atomic mass is 10.0. The second kappa shape index (κ2) is 13.8. The molecule has 200 valence electrons. The number of β-amino-alcohol motifs (C(OH)–C–C–N with tert-alkyl or cyclic N) is 1. The van der Waals surface area contributed by atoms with Crippen molar-refractivity contribution in [1.82, 2.24) is 10.2 Å². The number of benzene rings is 2. The molecule has 0 amide bonds. The number of halogens is 2. The summed E-state index contributed by atoms with van der Waals surface area (Å²) in [7, 11) is -3.12. The average molecular weight is 562 g/mol. The first kappa shape index (κ1) is 29.0. The maximum Gasteiger partial charge on any atom is 0.151 e.